The molecule has 0 amide bonds. The summed E-state index contributed by atoms with van der Waals surface area (Å²) >= 11 is 5.21. The highest BCUT2D eigenvalue weighted by atomic mass is 35.5. The van der Waals surface area contributed by atoms with E-state index in [-0.39, 0.29) is 5.57 Å². The molecule has 0 aromatic heterocycles. The minimum atomic E-state index is -3.07. The van der Waals surface area contributed by atoms with Crippen LogP contribution in [0.5, 0.6) is 0 Å². The van der Waals surface area contributed by atoms with Crippen LogP contribution < -0.4 is 0 Å². The molecular formula is C9H10ClNO7. The first-order valence-corrected chi connectivity index (χ1v) is 4.94. The maximum atomic E-state index is 11.1. The van der Waals surface area contributed by atoms with Gasteiger partial charge >= 0.3 is 11.5 Å². The van der Waals surface area contributed by atoms with E-state index in [1.807, 2.05) is 0 Å². The van der Waals surface area contributed by atoms with Crippen molar-refractivity contribution in [3.05, 3.63) is 33.5 Å². The third kappa shape index (κ3) is 2.04. The SMILES string of the molecule is COC1(OC)C=C(C(=O)Cl)C=C([N+](=O)[O-])C1(O)O. The second kappa shape index (κ2) is 4.75. The van der Waals surface area contributed by atoms with Crippen LogP contribution in [0.4, 0.5) is 0 Å². The lowest BCUT2D eigenvalue weighted by atomic mass is 9.92. The van der Waals surface area contributed by atoms with Crippen LogP contribution in [0.25, 0.3) is 0 Å². The molecule has 0 heterocycles. The summed E-state index contributed by atoms with van der Waals surface area (Å²) in [5.41, 5.74) is -1.43. The van der Waals surface area contributed by atoms with Gasteiger partial charge in [0.15, 0.2) is 0 Å². The van der Waals surface area contributed by atoms with Gasteiger partial charge < -0.3 is 19.7 Å². The highest BCUT2D eigenvalue weighted by Gasteiger charge is 2.61. The summed E-state index contributed by atoms with van der Waals surface area (Å²) in [6.07, 6.45) is 1.50. The molecule has 0 aromatic carbocycles. The number of hydrogen-bond donors (Lipinski definition) is 2. The Kier molecular flexibility index (Phi) is 3.89. The molecule has 18 heavy (non-hydrogen) atoms. The molecule has 0 atom stereocenters. The number of carbonyl (C=O) groups is 1. The number of rotatable bonds is 4. The van der Waals surface area contributed by atoms with E-state index < -0.39 is 27.4 Å². The summed E-state index contributed by atoms with van der Waals surface area (Å²) in [7, 11) is 2.06. The second-order valence-electron chi connectivity index (χ2n) is 3.41. The topological polar surface area (TPSA) is 119 Å². The van der Waals surface area contributed by atoms with E-state index in [1.54, 1.807) is 0 Å². The van der Waals surface area contributed by atoms with Crippen LogP contribution in [-0.4, -0.2) is 46.2 Å². The van der Waals surface area contributed by atoms with Crippen LogP contribution in [0.3, 0.4) is 0 Å². The number of hydrogen-bond acceptors (Lipinski definition) is 7. The van der Waals surface area contributed by atoms with Crippen molar-refractivity contribution >= 4 is 16.8 Å². The molecule has 0 radical (unpaired) electrons. The maximum Gasteiger partial charge on any atom is 0.317 e. The smallest absolute Gasteiger partial charge is 0.317 e. The number of ether oxygens (including phenoxy) is 2. The van der Waals surface area contributed by atoms with Crippen LogP contribution in [-0.2, 0) is 14.3 Å². The first kappa shape index (κ1) is 14.7. The first-order valence-electron chi connectivity index (χ1n) is 4.56. The molecule has 1 aliphatic rings. The van der Waals surface area contributed by atoms with E-state index >= 15 is 0 Å². The molecule has 1 aliphatic carbocycles. The lowest BCUT2D eigenvalue weighted by Crippen LogP contribution is -2.59. The van der Waals surface area contributed by atoms with E-state index in [0.717, 1.165) is 20.3 Å². The Morgan fingerprint density at radius 2 is 1.94 bits per heavy atom. The zero-order chi connectivity index (χ0) is 14.1. The van der Waals surface area contributed by atoms with Crippen molar-refractivity contribution in [2.24, 2.45) is 0 Å². The molecule has 0 aliphatic heterocycles. The van der Waals surface area contributed by atoms with Gasteiger partial charge in [0.05, 0.1) is 4.92 Å². The Morgan fingerprint density at radius 1 is 1.44 bits per heavy atom. The third-order valence-corrected chi connectivity index (χ3v) is 2.73. The largest absolute Gasteiger partial charge is 0.353 e. The van der Waals surface area contributed by atoms with Gasteiger partial charge in [-0.05, 0) is 17.7 Å². The van der Waals surface area contributed by atoms with Gasteiger partial charge in [-0.3, -0.25) is 14.9 Å². The van der Waals surface area contributed by atoms with Crippen molar-refractivity contribution in [1.82, 2.24) is 0 Å². The number of allylic oxidation sites excluding steroid dienone is 2. The van der Waals surface area contributed by atoms with Gasteiger partial charge in [0.2, 0.25) is 0 Å². The normalized spacial score (nSPS) is 20.9. The molecule has 0 spiro atoms. The van der Waals surface area contributed by atoms with Crippen molar-refractivity contribution in [3.63, 3.8) is 0 Å². The van der Waals surface area contributed by atoms with Crippen LogP contribution in [0, 0.1) is 10.1 Å². The van der Waals surface area contributed by atoms with Crippen molar-refractivity contribution in [1.29, 1.82) is 0 Å². The molecule has 9 heteroatoms. The summed E-state index contributed by atoms with van der Waals surface area (Å²) < 4.78 is 9.50. The summed E-state index contributed by atoms with van der Waals surface area (Å²) in [5, 5.41) is 29.4. The van der Waals surface area contributed by atoms with Gasteiger partial charge in [-0.15, -0.1) is 0 Å². The molecule has 0 unspecified atom stereocenters. The number of methoxy groups -OCH3 is 2. The standard InChI is InChI=1S/C9H10ClNO7/c1-17-8(18-2)4-5(7(10)12)3-6(11(15)16)9(8,13)14/h3-4,13-14H,1-2H3. The van der Waals surface area contributed by atoms with Crippen LogP contribution in [0.15, 0.2) is 23.4 Å². The summed E-state index contributed by atoms with van der Waals surface area (Å²) in [5.74, 6) is -5.38. The minimum absolute atomic E-state index is 0.342. The average molecular weight is 280 g/mol. The molecule has 0 fully saturated rings. The Labute approximate surface area is 106 Å². The van der Waals surface area contributed by atoms with Crippen LogP contribution >= 0.6 is 11.6 Å². The average Bonchev–Trinajstić information content (AvgIpc) is 2.28. The van der Waals surface area contributed by atoms with Crippen LogP contribution in [0.2, 0.25) is 0 Å². The Morgan fingerprint density at radius 3 is 2.28 bits per heavy atom. The number of halogens is 1. The van der Waals surface area contributed by atoms with Crippen molar-refractivity contribution in [2.75, 3.05) is 14.2 Å². The van der Waals surface area contributed by atoms with Crippen molar-refractivity contribution < 1.29 is 29.4 Å². The molecular weight excluding hydrogens is 270 g/mol. The molecule has 0 aromatic rings. The summed E-state index contributed by atoms with van der Waals surface area (Å²) in [6.45, 7) is 0. The molecule has 2 N–H and O–H groups in total. The Hall–Kier alpha value is -1.32. The number of aliphatic hydroxyl groups is 2. The van der Waals surface area contributed by atoms with E-state index in [4.69, 9.17) is 21.1 Å². The zero-order valence-corrected chi connectivity index (χ0v) is 10.2. The molecule has 0 bridgehead atoms. The van der Waals surface area contributed by atoms with Gasteiger partial charge in [-0.1, -0.05) is 0 Å². The molecule has 8 nitrogen and oxygen atoms in total. The minimum Gasteiger partial charge on any atom is -0.353 e. The summed E-state index contributed by atoms with van der Waals surface area (Å²) in [6, 6.07) is 0. The lowest BCUT2D eigenvalue weighted by molar-refractivity contribution is -0.485. The number of nitro groups is 1. The van der Waals surface area contributed by atoms with E-state index in [1.165, 1.54) is 0 Å². The molecule has 1 rings (SSSR count). The second-order valence-corrected chi connectivity index (χ2v) is 3.75. The highest BCUT2D eigenvalue weighted by Crippen LogP contribution is 2.38. The Balaban J connectivity index is 3.51. The third-order valence-electron chi connectivity index (χ3n) is 2.51. The van der Waals surface area contributed by atoms with Crippen molar-refractivity contribution in [3.8, 4) is 0 Å². The van der Waals surface area contributed by atoms with E-state index in [2.05, 4.69) is 0 Å². The monoisotopic (exact) mass is 279 g/mol. The Bertz CT molecular complexity index is 450. The fraction of sp³-hybridized carbons (Fsp3) is 0.444. The fourth-order valence-corrected chi connectivity index (χ4v) is 1.66. The van der Waals surface area contributed by atoms with Crippen molar-refractivity contribution in [2.45, 2.75) is 11.6 Å². The molecule has 0 saturated carbocycles. The van der Waals surface area contributed by atoms with Gasteiger partial charge in [0.25, 0.3) is 11.0 Å². The highest BCUT2D eigenvalue weighted by molar-refractivity contribution is 6.68. The molecule has 0 saturated heterocycles. The quantitative estimate of drug-likeness (QED) is 0.309. The maximum absolute atomic E-state index is 11.1. The van der Waals surface area contributed by atoms with E-state index in [9.17, 15) is 25.1 Å². The van der Waals surface area contributed by atoms with Gasteiger partial charge in [-0.2, -0.15) is 0 Å². The van der Waals surface area contributed by atoms with Gasteiger partial charge in [0.1, 0.15) is 0 Å². The predicted molar refractivity (Wildman–Crippen MR) is 57.9 cm³/mol. The fourth-order valence-electron chi connectivity index (χ4n) is 1.55. The zero-order valence-electron chi connectivity index (χ0n) is 9.42. The predicted octanol–water partition coefficient (Wildman–Crippen LogP) is -0.478. The van der Waals surface area contributed by atoms with Gasteiger partial charge in [0, 0.05) is 25.9 Å². The van der Waals surface area contributed by atoms with Crippen LogP contribution in [0.1, 0.15) is 0 Å². The first-order chi connectivity index (χ1) is 8.21. The lowest BCUT2D eigenvalue weighted by Gasteiger charge is -2.38. The van der Waals surface area contributed by atoms with Gasteiger partial charge in [-0.25, -0.2) is 0 Å². The molecule has 100 valence electrons. The number of nitrogens with zero attached hydrogens (tertiary/aromatic N) is 1. The van der Waals surface area contributed by atoms with E-state index in [0.29, 0.717) is 6.08 Å². The number of carbonyl (C=O) groups excluding carboxylic acids is 1. The summed E-state index contributed by atoms with van der Waals surface area (Å²) in [4.78, 5) is 20.8.